The molecule has 1 heterocycles. The molecule has 1 aliphatic carbocycles. The molecule has 1 amide bonds. The van der Waals surface area contributed by atoms with E-state index >= 15 is 0 Å². The highest BCUT2D eigenvalue weighted by Gasteiger charge is 2.40. The Morgan fingerprint density at radius 1 is 1.40 bits per heavy atom. The Hall–Kier alpha value is -1.07. The molecule has 1 fully saturated rings. The molecule has 0 aromatic carbocycles. The largest absolute Gasteiger partial charge is 0.481 e. The van der Waals surface area contributed by atoms with Crippen LogP contribution >= 0.6 is 22.9 Å². The van der Waals surface area contributed by atoms with E-state index in [2.05, 4.69) is 5.32 Å². The number of carbonyl (C=O) groups excluding carboxylic acids is 1. The van der Waals surface area contributed by atoms with E-state index in [1.807, 2.05) is 12.3 Å². The third kappa shape index (κ3) is 2.99. The van der Waals surface area contributed by atoms with Crippen molar-refractivity contribution in [2.24, 2.45) is 5.41 Å². The van der Waals surface area contributed by atoms with Crippen molar-refractivity contribution < 1.29 is 14.7 Å². The van der Waals surface area contributed by atoms with Crippen LogP contribution in [0.2, 0.25) is 5.02 Å². The summed E-state index contributed by atoms with van der Waals surface area (Å²) in [5.74, 6) is -1.09. The highest BCUT2D eigenvalue weighted by Crippen LogP contribution is 2.36. The molecular formula is C14H18ClNO3S. The predicted molar refractivity (Wildman–Crippen MR) is 79.6 cm³/mol. The van der Waals surface area contributed by atoms with Gasteiger partial charge in [0.1, 0.15) is 4.88 Å². The first-order valence-electron chi connectivity index (χ1n) is 6.71. The molecule has 2 rings (SSSR count). The van der Waals surface area contributed by atoms with Crippen molar-refractivity contribution in [3.63, 3.8) is 0 Å². The Labute approximate surface area is 127 Å². The number of rotatable bonds is 4. The first-order valence-corrected chi connectivity index (χ1v) is 7.97. The van der Waals surface area contributed by atoms with Crippen LogP contribution in [0.25, 0.3) is 0 Å². The average molecular weight is 316 g/mol. The van der Waals surface area contributed by atoms with Crippen molar-refractivity contribution in [2.75, 3.05) is 6.54 Å². The van der Waals surface area contributed by atoms with Gasteiger partial charge in [0, 0.05) is 6.54 Å². The number of carboxylic acid groups (broad SMARTS) is 1. The van der Waals surface area contributed by atoms with Gasteiger partial charge in [-0.15, -0.1) is 11.3 Å². The summed E-state index contributed by atoms with van der Waals surface area (Å²) in [5, 5.41) is 14.5. The zero-order valence-electron chi connectivity index (χ0n) is 11.4. The van der Waals surface area contributed by atoms with Crippen LogP contribution in [0.5, 0.6) is 0 Å². The number of thiophene rings is 1. The maximum absolute atomic E-state index is 12.1. The Balaban J connectivity index is 2.04. The molecule has 6 heteroatoms. The minimum Gasteiger partial charge on any atom is -0.481 e. The second-order valence-electron chi connectivity index (χ2n) is 5.39. The normalized spacial score (nSPS) is 17.7. The number of halogens is 1. The molecule has 1 aromatic rings. The van der Waals surface area contributed by atoms with E-state index in [9.17, 15) is 14.7 Å². The molecule has 0 atom stereocenters. The zero-order chi connectivity index (χ0) is 14.8. The van der Waals surface area contributed by atoms with Crippen LogP contribution in [0.3, 0.4) is 0 Å². The van der Waals surface area contributed by atoms with Gasteiger partial charge in [-0.3, -0.25) is 9.59 Å². The lowest BCUT2D eigenvalue weighted by Crippen LogP contribution is -2.44. The summed E-state index contributed by atoms with van der Waals surface area (Å²) in [7, 11) is 0. The zero-order valence-corrected chi connectivity index (χ0v) is 12.9. The molecule has 4 nitrogen and oxygen atoms in total. The molecule has 0 saturated heterocycles. The van der Waals surface area contributed by atoms with E-state index in [0.717, 1.165) is 24.8 Å². The van der Waals surface area contributed by atoms with Crippen molar-refractivity contribution in [1.29, 1.82) is 0 Å². The number of aryl methyl sites for hydroxylation is 1. The fourth-order valence-corrected chi connectivity index (χ4v) is 3.80. The quantitative estimate of drug-likeness (QED) is 0.894. The SMILES string of the molecule is Cc1csc(C(=O)NCC2(C(=O)O)CCCCC2)c1Cl. The van der Waals surface area contributed by atoms with E-state index in [0.29, 0.717) is 22.7 Å². The molecule has 0 aliphatic heterocycles. The van der Waals surface area contributed by atoms with Crippen molar-refractivity contribution >= 4 is 34.8 Å². The summed E-state index contributed by atoms with van der Waals surface area (Å²) >= 11 is 7.34. The van der Waals surface area contributed by atoms with Crippen molar-refractivity contribution in [1.82, 2.24) is 5.32 Å². The molecule has 20 heavy (non-hydrogen) atoms. The van der Waals surface area contributed by atoms with Crippen LogP contribution in [0.1, 0.15) is 47.3 Å². The second-order valence-corrected chi connectivity index (χ2v) is 6.65. The third-order valence-electron chi connectivity index (χ3n) is 3.96. The van der Waals surface area contributed by atoms with Crippen molar-refractivity contribution in [3.05, 3.63) is 20.8 Å². The molecule has 0 spiro atoms. The average Bonchev–Trinajstić information content (AvgIpc) is 2.77. The molecule has 1 aliphatic rings. The van der Waals surface area contributed by atoms with Crippen LogP contribution in [0, 0.1) is 12.3 Å². The van der Waals surface area contributed by atoms with Crippen LogP contribution in [0.4, 0.5) is 0 Å². The molecule has 0 radical (unpaired) electrons. The Bertz CT molecular complexity index is 520. The smallest absolute Gasteiger partial charge is 0.311 e. The Kier molecular flexibility index (Phi) is 4.70. The molecule has 2 N–H and O–H groups in total. The molecule has 1 aromatic heterocycles. The fourth-order valence-electron chi connectivity index (χ4n) is 2.61. The minimum absolute atomic E-state index is 0.175. The lowest BCUT2D eigenvalue weighted by molar-refractivity contribution is -0.150. The molecule has 0 unspecified atom stereocenters. The molecule has 110 valence electrons. The number of carboxylic acids is 1. The van der Waals surface area contributed by atoms with Crippen LogP contribution in [-0.4, -0.2) is 23.5 Å². The van der Waals surface area contributed by atoms with Crippen LogP contribution in [0.15, 0.2) is 5.38 Å². The summed E-state index contributed by atoms with van der Waals surface area (Å²) in [6.07, 6.45) is 4.13. The summed E-state index contributed by atoms with van der Waals surface area (Å²) < 4.78 is 0. The first kappa shape index (κ1) is 15.3. The van der Waals surface area contributed by atoms with Crippen molar-refractivity contribution in [2.45, 2.75) is 39.0 Å². The van der Waals surface area contributed by atoms with Crippen LogP contribution < -0.4 is 5.32 Å². The Morgan fingerprint density at radius 3 is 2.55 bits per heavy atom. The minimum atomic E-state index is -0.814. The van der Waals surface area contributed by atoms with E-state index in [-0.39, 0.29) is 12.5 Å². The van der Waals surface area contributed by atoms with Gasteiger partial charge in [-0.05, 0) is 30.7 Å². The van der Waals surface area contributed by atoms with E-state index in [4.69, 9.17) is 11.6 Å². The maximum atomic E-state index is 12.1. The summed E-state index contributed by atoms with van der Waals surface area (Å²) in [4.78, 5) is 24.1. The highest BCUT2D eigenvalue weighted by atomic mass is 35.5. The lowest BCUT2D eigenvalue weighted by atomic mass is 9.74. The summed E-state index contributed by atoms with van der Waals surface area (Å²) in [5.41, 5.74) is 0.0552. The summed E-state index contributed by atoms with van der Waals surface area (Å²) in [6, 6.07) is 0. The molecule has 1 saturated carbocycles. The van der Waals surface area contributed by atoms with Gasteiger partial charge in [-0.2, -0.15) is 0 Å². The molecular weight excluding hydrogens is 298 g/mol. The third-order valence-corrected chi connectivity index (χ3v) is 5.65. The monoisotopic (exact) mass is 315 g/mol. The number of hydrogen-bond acceptors (Lipinski definition) is 3. The van der Waals surface area contributed by atoms with Gasteiger partial charge in [0.25, 0.3) is 5.91 Å². The van der Waals surface area contributed by atoms with Gasteiger partial charge in [-0.1, -0.05) is 30.9 Å². The van der Waals surface area contributed by atoms with E-state index < -0.39 is 11.4 Å². The predicted octanol–water partition coefficient (Wildman–Crippen LogP) is 3.47. The van der Waals surface area contributed by atoms with E-state index in [1.165, 1.54) is 11.3 Å². The van der Waals surface area contributed by atoms with Crippen molar-refractivity contribution in [3.8, 4) is 0 Å². The van der Waals surface area contributed by atoms with Gasteiger partial charge in [0.15, 0.2) is 0 Å². The van der Waals surface area contributed by atoms with Gasteiger partial charge in [0.05, 0.1) is 10.4 Å². The van der Waals surface area contributed by atoms with Crippen LogP contribution in [-0.2, 0) is 4.79 Å². The number of carbonyl (C=O) groups is 2. The van der Waals surface area contributed by atoms with E-state index in [1.54, 1.807) is 0 Å². The fraction of sp³-hybridized carbons (Fsp3) is 0.571. The number of amides is 1. The summed E-state index contributed by atoms with van der Waals surface area (Å²) in [6.45, 7) is 2.02. The highest BCUT2D eigenvalue weighted by molar-refractivity contribution is 7.13. The number of hydrogen-bond donors (Lipinski definition) is 2. The maximum Gasteiger partial charge on any atom is 0.311 e. The number of aliphatic carboxylic acids is 1. The van der Waals surface area contributed by atoms with Gasteiger partial charge >= 0.3 is 5.97 Å². The van der Waals surface area contributed by atoms with Gasteiger partial charge in [0.2, 0.25) is 0 Å². The number of nitrogens with one attached hydrogen (secondary N) is 1. The van der Waals surface area contributed by atoms with Gasteiger partial charge in [-0.25, -0.2) is 0 Å². The lowest BCUT2D eigenvalue weighted by Gasteiger charge is -2.33. The topological polar surface area (TPSA) is 66.4 Å². The molecule has 0 bridgehead atoms. The first-order chi connectivity index (χ1) is 9.46. The Morgan fingerprint density at radius 2 is 2.05 bits per heavy atom. The second kappa shape index (κ2) is 6.14. The standard InChI is InChI=1S/C14H18ClNO3S/c1-9-7-20-11(10(9)15)12(17)16-8-14(13(18)19)5-3-2-4-6-14/h7H,2-6,8H2,1H3,(H,16,17)(H,18,19). The van der Waals surface area contributed by atoms with Gasteiger partial charge < -0.3 is 10.4 Å².